The Hall–Kier alpha value is -0.860. The Morgan fingerprint density at radius 2 is 1.75 bits per heavy atom. The van der Waals surface area contributed by atoms with Crippen LogP contribution < -0.4 is 0 Å². The van der Waals surface area contributed by atoms with E-state index in [2.05, 4.69) is 49.9 Å². The van der Waals surface area contributed by atoms with E-state index in [1.807, 2.05) is 0 Å². The average Bonchev–Trinajstić information content (AvgIpc) is 2.46. The minimum absolute atomic E-state index is 0.289. The van der Waals surface area contributed by atoms with E-state index in [0.29, 0.717) is 12.0 Å². The molecule has 0 amide bonds. The molecule has 2 nitrogen and oxygen atoms in total. The van der Waals surface area contributed by atoms with Crippen molar-refractivity contribution >= 4 is 0 Å². The van der Waals surface area contributed by atoms with E-state index in [1.54, 1.807) is 0 Å². The summed E-state index contributed by atoms with van der Waals surface area (Å²) in [6.07, 6.45) is 3.34. The van der Waals surface area contributed by atoms with Gasteiger partial charge in [0.1, 0.15) is 0 Å². The molecule has 1 N–H and O–H groups in total. The lowest BCUT2D eigenvalue weighted by Gasteiger charge is -2.47. The monoisotopic (exact) mass is 273 g/mol. The minimum atomic E-state index is -0.324. The average molecular weight is 273 g/mol. The predicted octanol–water partition coefficient (Wildman–Crippen LogP) is 3.72. The molecule has 0 spiro atoms. The Bertz CT molecular complexity index is 472. The van der Waals surface area contributed by atoms with Crippen LogP contribution in [0.3, 0.4) is 0 Å². The van der Waals surface area contributed by atoms with Crippen molar-refractivity contribution in [2.24, 2.45) is 5.92 Å². The van der Waals surface area contributed by atoms with Crippen molar-refractivity contribution in [3.05, 3.63) is 35.4 Å². The fourth-order valence-electron chi connectivity index (χ4n) is 4.16. The molecule has 0 radical (unpaired) electrons. The zero-order valence-electron chi connectivity index (χ0n) is 12.9. The van der Waals surface area contributed by atoms with Crippen molar-refractivity contribution in [2.75, 3.05) is 6.54 Å². The van der Waals surface area contributed by atoms with Gasteiger partial charge in [-0.25, -0.2) is 0 Å². The largest absolute Gasteiger partial charge is 0.387 e. The van der Waals surface area contributed by atoms with Gasteiger partial charge in [0.25, 0.3) is 0 Å². The predicted molar refractivity (Wildman–Crippen MR) is 82.8 cm³/mol. The summed E-state index contributed by atoms with van der Waals surface area (Å²) >= 11 is 0. The highest BCUT2D eigenvalue weighted by Gasteiger charge is 2.38. The normalized spacial score (nSPS) is 38.5. The van der Waals surface area contributed by atoms with Crippen molar-refractivity contribution in [3.8, 4) is 0 Å². The summed E-state index contributed by atoms with van der Waals surface area (Å²) in [6, 6.07) is 9.33. The van der Waals surface area contributed by atoms with Crippen LogP contribution in [0, 0.1) is 5.92 Å². The van der Waals surface area contributed by atoms with Gasteiger partial charge in [-0.15, -0.1) is 0 Å². The van der Waals surface area contributed by atoms with Gasteiger partial charge in [0.2, 0.25) is 0 Å². The Morgan fingerprint density at radius 3 is 2.50 bits per heavy atom. The molecular formula is C18H27NO. The topological polar surface area (TPSA) is 23.5 Å². The molecule has 0 saturated carbocycles. The van der Waals surface area contributed by atoms with Crippen LogP contribution in [-0.2, 0) is 0 Å². The fourth-order valence-corrected chi connectivity index (χ4v) is 4.16. The lowest BCUT2D eigenvalue weighted by Crippen LogP contribution is -2.51. The van der Waals surface area contributed by atoms with Crippen LogP contribution >= 0.6 is 0 Å². The second-order valence-corrected chi connectivity index (χ2v) is 7.01. The highest BCUT2D eigenvalue weighted by molar-refractivity contribution is 5.35. The maximum Gasteiger partial charge on any atom is 0.0948 e. The van der Waals surface area contributed by atoms with Crippen LogP contribution in [0.15, 0.2) is 24.3 Å². The Kier molecular flexibility index (Phi) is 3.87. The number of rotatable bonds is 1. The first-order valence-electron chi connectivity index (χ1n) is 8.10. The molecule has 1 fully saturated rings. The summed E-state index contributed by atoms with van der Waals surface area (Å²) in [5, 5.41) is 10.9. The summed E-state index contributed by atoms with van der Waals surface area (Å²) < 4.78 is 0. The molecule has 1 aliphatic carbocycles. The van der Waals surface area contributed by atoms with Crippen molar-refractivity contribution < 1.29 is 5.11 Å². The van der Waals surface area contributed by atoms with Crippen molar-refractivity contribution in [1.29, 1.82) is 0 Å². The Labute approximate surface area is 122 Å². The number of aliphatic hydroxyl groups excluding tert-OH is 1. The fraction of sp³-hybridized carbons (Fsp3) is 0.667. The molecule has 5 unspecified atom stereocenters. The number of aliphatic hydroxyl groups is 1. The van der Waals surface area contributed by atoms with Gasteiger partial charge in [0.05, 0.1) is 6.10 Å². The van der Waals surface area contributed by atoms with E-state index in [9.17, 15) is 5.11 Å². The molecule has 0 bridgehead atoms. The van der Waals surface area contributed by atoms with Crippen LogP contribution in [0.2, 0.25) is 0 Å². The van der Waals surface area contributed by atoms with Gasteiger partial charge in [0.15, 0.2) is 0 Å². The molecule has 110 valence electrons. The molecule has 1 heterocycles. The van der Waals surface area contributed by atoms with Crippen LogP contribution in [0.25, 0.3) is 0 Å². The maximum atomic E-state index is 10.9. The molecule has 1 aromatic carbocycles. The quantitative estimate of drug-likeness (QED) is 0.843. The lowest BCUT2D eigenvalue weighted by molar-refractivity contribution is -0.0141. The third-order valence-corrected chi connectivity index (χ3v) is 5.40. The van der Waals surface area contributed by atoms with Crippen LogP contribution in [-0.4, -0.2) is 28.6 Å². The van der Waals surface area contributed by atoms with Crippen LogP contribution in [0.5, 0.6) is 0 Å². The summed E-state index contributed by atoms with van der Waals surface area (Å²) in [5.41, 5.74) is 2.50. The number of benzene rings is 1. The highest BCUT2D eigenvalue weighted by atomic mass is 16.3. The number of likely N-dealkylation sites (tertiary alicyclic amines) is 1. The number of fused-ring (bicyclic) bond motifs is 1. The molecule has 1 aromatic rings. The Balaban J connectivity index is 1.88. The molecule has 2 heteroatoms. The molecule has 3 rings (SSSR count). The number of hydrogen-bond donors (Lipinski definition) is 1. The number of hydrogen-bond acceptors (Lipinski definition) is 2. The molecule has 20 heavy (non-hydrogen) atoms. The van der Waals surface area contributed by atoms with E-state index in [-0.39, 0.29) is 12.1 Å². The van der Waals surface area contributed by atoms with E-state index in [0.717, 1.165) is 24.4 Å². The molecular weight excluding hydrogens is 246 g/mol. The third kappa shape index (κ3) is 2.40. The lowest BCUT2D eigenvalue weighted by atomic mass is 9.77. The van der Waals surface area contributed by atoms with Gasteiger partial charge < -0.3 is 5.11 Å². The van der Waals surface area contributed by atoms with Crippen molar-refractivity contribution in [1.82, 2.24) is 4.90 Å². The SMILES string of the molecule is CC1CCC(C)N(C2CC(C)c3ccccc3C2O)C1. The highest BCUT2D eigenvalue weighted by Crippen LogP contribution is 2.41. The third-order valence-electron chi connectivity index (χ3n) is 5.40. The molecule has 2 aliphatic rings. The zero-order valence-corrected chi connectivity index (χ0v) is 12.9. The second-order valence-electron chi connectivity index (χ2n) is 7.01. The van der Waals surface area contributed by atoms with Gasteiger partial charge in [0, 0.05) is 18.6 Å². The number of nitrogens with zero attached hydrogens (tertiary/aromatic N) is 1. The maximum absolute atomic E-state index is 10.9. The first kappa shape index (κ1) is 14.1. The molecule has 0 aromatic heterocycles. The van der Waals surface area contributed by atoms with E-state index in [4.69, 9.17) is 0 Å². The standard InChI is InChI=1S/C18H27NO/c1-12-8-9-14(3)19(11-12)17-10-13(2)15-6-4-5-7-16(15)18(17)20/h4-7,12-14,17-18,20H,8-11H2,1-3H3. The van der Waals surface area contributed by atoms with Crippen molar-refractivity contribution in [2.45, 2.75) is 64.1 Å². The smallest absolute Gasteiger partial charge is 0.0948 e. The molecule has 5 atom stereocenters. The summed E-state index contributed by atoms with van der Waals surface area (Å²) in [7, 11) is 0. The Morgan fingerprint density at radius 1 is 1.05 bits per heavy atom. The first-order valence-corrected chi connectivity index (χ1v) is 8.10. The van der Waals surface area contributed by atoms with E-state index >= 15 is 0 Å². The second kappa shape index (κ2) is 5.50. The number of piperidine rings is 1. The van der Waals surface area contributed by atoms with E-state index in [1.165, 1.54) is 18.4 Å². The summed E-state index contributed by atoms with van der Waals surface area (Å²) in [4.78, 5) is 2.57. The first-order chi connectivity index (χ1) is 9.58. The summed E-state index contributed by atoms with van der Waals surface area (Å²) in [6.45, 7) is 8.10. The van der Waals surface area contributed by atoms with Gasteiger partial charge in [-0.2, -0.15) is 0 Å². The minimum Gasteiger partial charge on any atom is -0.387 e. The molecule has 1 saturated heterocycles. The van der Waals surface area contributed by atoms with Gasteiger partial charge in [-0.3, -0.25) is 4.90 Å². The van der Waals surface area contributed by atoms with Gasteiger partial charge in [-0.1, -0.05) is 38.1 Å². The molecule has 1 aliphatic heterocycles. The summed E-state index contributed by atoms with van der Waals surface area (Å²) in [5.74, 6) is 1.30. The van der Waals surface area contributed by atoms with Crippen molar-refractivity contribution in [3.63, 3.8) is 0 Å². The van der Waals surface area contributed by atoms with E-state index < -0.39 is 0 Å². The van der Waals surface area contributed by atoms with Gasteiger partial charge in [-0.05, 0) is 49.1 Å². The zero-order chi connectivity index (χ0) is 14.3. The van der Waals surface area contributed by atoms with Crippen LogP contribution in [0.1, 0.15) is 63.2 Å². The van der Waals surface area contributed by atoms with Gasteiger partial charge >= 0.3 is 0 Å². The van der Waals surface area contributed by atoms with Crippen LogP contribution in [0.4, 0.5) is 0 Å².